The summed E-state index contributed by atoms with van der Waals surface area (Å²) in [5.74, 6) is 0.0498. The first-order chi connectivity index (χ1) is 8.37. The third-order valence-corrected chi connectivity index (χ3v) is 3.58. The van der Waals surface area contributed by atoms with E-state index in [2.05, 4.69) is 21.2 Å². The van der Waals surface area contributed by atoms with Gasteiger partial charge in [-0.3, -0.25) is 0 Å². The van der Waals surface area contributed by atoms with Crippen LogP contribution in [0.25, 0.3) is 0 Å². The predicted octanol–water partition coefficient (Wildman–Crippen LogP) is 4.22. The van der Waals surface area contributed by atoms with E-state index in [9.17, 15) is 13.2 Å². The van der Waals surface area contributed by atoms with Crippen molar-refractivity contribution >= 4 is 27.7 Å². The van der Waals surface area contributed by atoms with E-state index in [-0.39, 0.29) is 23.6 Å². The fourth-order valence-corrected chi connectivity index (χ4v) is 2.23. The molecule has 1 N–H and O–H groups in total. The topological polar surface area (TPSA) is 12.0 Å². The number of benzene rings is 1. The zero-order valence-corrected chi connectivity index (χ0v) is 12.3. The lowest BCUT2D eigenvalue weighted by molar-refractivity contribution is -0.0327. The van der Waals surface area contributed by atoms with Gasteiger partial charge < -0.3 is 5.32 Å². The highest BCUT2D eigenvalue weighted by Crippen LogP contribution is 2.29. The van der Waals surface area contributed by atoms with Crippen molar-refractivity contribution in [1.82, 2.24) is 5.32 Å². The molecule has 1 unspecified atom stereocenters. The van der Waals surface area contributed by atoms with Gasteiger partial charge in [-0.05, 0) is 42.8 Å². The molecule has 0 spiro atoms. The van der Waals surface area contributed by atoms with Crippen LogP contribution in [0.4, 0.5) is 13.2 Å². The monoisotopic (exact) mass is 341 g/mol. The van der Waals surface area contributed by atoms with Crippen LogP contribution < -0.4 is 5.32 Å². The van der Waals surface area contributed by atoms with Crippen molar-refractivity contribution in [2.45, 2.75) is 24.9 Å². The molecule has 0 radical (unpaired) electrons. The zero-order valence-electron chi connectivity index (χ0n) is 9.93. The fraction of sp³-hybridized carbons (Fsp3) is 0.500. The molecule has 0 aliphatic rings. The SMILES string of the molecule is CC(Cc1ccc(Br)cc1)NCCSC(F)(F)F. The molecule has 102 valence electrons. The van der Waals surface area contributed by atoms with E-state index in [1.165, 1.54) is 5.56 Å². The summed E-state index contributed by atoms with van der Waals surface area (Å²) in [5, 5.41) is 3.09. The Morgan fingerprint density at radius 2 is 1.89 bits per heavy atom. The molecule has 0 aliphatic heterocycles. The Bertz CT molecular complexity index is 353. The van der Waals surface area contributed by atoms with Crippen LogP contribution >= 0.6 is 27.7 Å². The van der Waals surface area contributed by atoms with Gasteiger partial charge in [-0.15, -0.1) is 0 Å². The van der Waals surface area contributed by atoms with Gasteiger partial charge in [0.05, 0.1) is 0 Å². The second-order valence-corrected chi connectivity index (χ2v) is 6.06. The summed E-state index contributed by atoms with van der Waals surface area (Å²) in [6.45, 7) is 2.34. The molecule has 1 nitrogen and oxygen atoms in total. The van der Waals surface area contributed by atoms with Gasteiger partial charge in [-0.1, -0.05) is 28.1 Å². The van der Waals surface area contributed by atoms with Crippen LogP contribution in [0.2, 0.25) is 0 Å². The van der Waals surface area contributed by atoms with Gasteiger partial charge in [0.1, 0.15) is 0 Å². The Balaban J connectivity index is 2.21. The largest absolute Gasteiger partial charge is 0.441 e. The summed E-state index contributed by atoms with van der Waals surface area (Å²) >= 11 is 3.37. The standard InChI is InChI=1S/C12H15BrF3NS/c1-9(17-6-7-18-12(14,15)16)8-10-2-4-11(13)5-3-10/h2-5,9,17H,6-8H2,1H3. The van der Waals surface area contributed by atoms with Crippen LogP contribution in [0, 0.1) is 0 Å². The number of rotatable bonds is 6. The van der Waals surface area contributed by atoms with Crippen LogP contribution in [0.15, 0.2) is 28.7 Å². The molecule has 0 aliphatic carbocycles. The average Bonchev–Trinajstić information content (AvgIpc) is 2.26. The maximum atomic E-state index is 11.9. The second kappa shape index (κ2) is 7.40. The van der Waals surface area contributed by atoms with Gasteiger partial charge in [-0.25, -0.2) is 0 Å². The lowest BCUT2D eigenvalue weighted by Crippen LogP contribution is -2.30. The van der Waals surface area contributed by atoms with Crippen LogP contribution in [-0.4, -0.2) is 23.8 Å². The summed E-state index contributed by atoms with van der Waals surface area (Å²) < 4.78 is 36.7. The van der Waals surface area contributed by atoms with Gasteiger partial charge in [-0.2, -0.15) is 13.2 Å². The van der Waals surface area contributed by atoms with Gasteiger partial charge in [0.25, 0.3) is 0 Å². The highest BCUT2D eigenvalue weighted by atomic mass is 79.9. The Morgan fingerprint density at radius 1 is 1.28 bits per heavy atom. The molecule has 0 saturated heterocycles. The molecular weight excluding hydrogens is 327 g/mol. The Hall–Kier alpha value is -0.200. The number of halogens is 4. The van der Waals surface area contributed by atoms with Crippen molar-refractivity contribution in [3.05, 3.63) is 34.3 Å². The second-order valence-electron chi connectivity index (χ2n) is 3.98. The van der Waals surface area contributed by atoms with Crippen molar-refractivity contribution in [2.24, 2.45) is 0 Å². The molecule has 0 saturated carbocycles. The molecule has 18 heavy (non-hydrogen) atoms. The summed E-state index contributed by atoms with van der Waals surface area (Å²) in [6.07, 6.45) is 0.809. The lowest BCUT2D eigenvalue weighted by Gasteiger charge is -2.14. The summed E-state index contributed by atoms with van der Waals surface area (Å²) in [5.41, 5.74) is -2.96. The zero-order chi connectivity index (χ0) is 13.6. The molecule has 0 aromatic heterocycles. The smallest absolute Gasteiger partial charge is 0.313 e. The highest BCUT2D eigenvalue weighted by molar-refractivity contribution is 9.10. The minimum Gasteiger partial charge on any atom is -0.313 e. The van der Waals surface area contributed by atoms with Gasteiger partial charge in [0, 0.05) is 22.8 Å². The highest BCUT2D eigenvalue weighted by Gasteiger charge is 2.27. The molecule has 0 heterocycles. The van der Waals surface area contributed by atoms with E-state index in [0.29, 0.717) is 6.54 Å². The maximum absolute atomic E-state index is 11.9. The minimum absolute atomic E-state index is 0.0151. The Morgan fingerprint density at radius 3 is 2.44 bits per heavy atom. The van der Waals surface area contributed by atoms with E-state index in [1.807, 2.05) is 31.2 Å². The Kier molecular flexibility index (Phi) is 6.52. The molecule has 6 heteroatoms. The molecular formula is C12H15BrF3NS. The third-order valence-electron chi connectivity index (χ3n) is 2.32. The minimum atomic E-state index is -4.13. The number of hydrogen-bond donors (Lipinski definition) is 1. The molecule has 0 amide bonds. The first-order valence-corrected chi connectivity index (χ1v) is 7.33. The van der Waals surface area contributed by atoms with E-state index in [0.717, 1.165) is 10.9 Å². The molecule has 0 fully saturated rings. The molecule has 1 aromatic rings. The first-order valence-electron chi connectivity index (χ1n) is 5.55. The van der Waals surface area contributed by atoms with Gasteiger partial charge in [0.2, 0.25) is 0 Å². The summed E-state index contributed by atoms with van der Waals surface area (Å²) in [4.78, 5) is 0. The van der Waals surface area contributed by atoms with E-state index >= 15 is 0 Å². The summed E-state index contributed by atoms with van der Waals surface area (Å²) in [7, 11) is 0. The van der Waals surface area contributed by atoms with Gasteiger partial charge in [0.15, 0.2) is 0 Å². The maximum Gasteiger partial charge on any atom is 0.441 e. The van der Waals surface area contributed by atoms with E-state index in [4.69, 9.17) is 0 Å². The van der Waals surface area contributed by atoms with Crippen LogP contribution in [0.1, 0.15) is 12.5 Å². The van der Waals surface area contributed by atoms with Crippen LogP contribution in [-0.2, 0) is 6.42 Å². The normalized spacial score (nSPS) is 13.6. The number of nitrogens with one attached hydrogen (secondary N) is 1. The van der Waals surface area contributed by atoms with Crippen molar-refractivity contribution in [3.8, 4) is 0 Å². The lowest BCUT2D eigenvalue weighted by atomic mass is 10.1. The fourth-order valence-electron chi connectivity index (χ4n) is 1.52. The Labute approximate surface area is 118 Å². The number of alkyl halides is 3. The van der Waals surface area contributed by atoms with Crippen molar-refractivity contribution in [2.75, 3.05) is 12.3 Å². The first kappa shape index (κ1) is 15.9. The number of thioether (sulfide) groups is 1. The summed E-state index contributed by atoms with van der Waals surface area (Å²) in [6, 6.07) is 8.10. The molecule has 0 bridgehead atoms. The average molecular weight is 342 g/mol. The van der Waals surface area contributed by atoms with Crippen molar-refractivity contribution in [3.63, 3.8) is 0 Å². The van der Waals surface area contributed by atoms with E-state index < -0.39 is 5.51 Å². The van der Waals surface area contributed by atoms with Crippen molar-refractivity contribution < 1.29 is 13.2 Å². The van der Waals surface area contributed by atoms with Crippen molar-refractivity contribution in [1.29, 1.82) is 0 Å². The van der Waals surface area contributed by atoms with Gasteiger partial charge >= 0.3 is 5.51 Å². The quantitative estimate of drug-likeness (QED) is 0.777. The molecule has 1 rings (SSSR count). The molecule has 1 atom stereocenters. The van der Waals surface area contributed by atoms with E-state index in [1.54, 1.807) is 0 Å². The predicted molar refractivity (Wildman–Crippen MR) is 73.8 cm³/mol. The molecule has 1 aromatic carbocycles. The third kappa shape index (κ3) is 7.28. The van der Waals surface area contributed by atoms with Crippen LogP contribution in [0.3, 0.4) is 0 Å². The number of hydrogen-bond acceptors (Lipinski definition) is 2. The van der Waals surface area contributed by atoms with Crippen LogP contribution in [0.5, 0.6) is 0 Å².